The first-order chi connectivity index (χ1) is 23.3. The summed E-state index contributed by atoms with van der Waals surface area (Å²) in [5.74, 6) is 1.50. The van der Waals surface area contributed by atoms with Gasteiger partial charge in [-0.25, -0.2) is 22.7 Å². The molecule has 2 saturated heterocycles. The monoisotopic (exact) mass is 721 g/mol. The molecule has 7 rings (SSSR count). The van der Waals surface area contributed by atoms with Crippen molar-refractivity contribution in [3.05, 3.63) is 0 Å². The van der Waals surface area contributed by atoms with E-state index in [2.05, 4.69) is 58.5 Å². The van der Waals surface area contributed by atoms with Gasteiger partial charge in [0, 0.05) is 37.0 Å². The summed E-state index contributed by atoms with van der Waals surface area (Å²) >= 11 is 0. The van der Waals surface area contributed by atoms with Crippen molar-refractivity contribution >= 4 is 22.2 Å². The molecule has 50 heavy (non-hydrogen) atoms. The van der Waals surface area contributed by atoms with Crippen LogP contribution in [0.15, 0.2) is 0 Å². The Hall–Kier alpha value is -1.63. The summed E-state index contributed by atoms with van der Waals surface area (Å²) in [6.07, 6.45) is 7.91. The van der Waals surface area contributed by atoms with Crippen LogP contribution in [0, 0.1) is 56.7 Å². The second-order valence-corrected chi connectivity index (χ2v) is 20.8. The molecule has 12 heteroatoms. The predicted octanol–water partition coefficient (Wildman–Crippen LogP) is 5.31. The minimum Gasteiger partial charge on any atom is -0.446 e. The number of likely N-dealkylation sites (tertiary alicyclic amines) is 1. The molecule has 3 N–H and O–H groups in total. The van der Waals surface area contributed by atoms with Crippen LogP contribution in [0.25, 0.3) is 0 Å². The number of aliphatic hydroxyl groups excluding tert-OH is 1. The van der Waals surface area contributed by atoms with Crippen molar-refractivity contribution in [2.45, 2.75) is 137 Å². The van der Waals surface area contributed by atoms with E-state index < -0.39 is 22.2 Å². The number of fused-ring (bicyclic) bond motifs is 4. The summed E-state index contributed by atoms with van der Waals surface area (Å²) in [6, 6.07) is 0. The van der Waals surface area contributed by atoms with Crippen molar-refractivity contribution in [1.82, 2.24) is 14.9 Å². The van der Waals surface area contributed by atoms with Gasteiger partial charge in [0.1, 0.15) is 12.2 Å². The molecule has 0 aromatic rings. The number of amides is 2. The number of nitrogens with zero attached hydrogens (tertiary/aromatic N) is 1. The van der Waals surface area contributed by atoms with Crippen molar-refractivity contribution < 1.29 is 37.3 Å². The van der Waals surface area contributed by atoms with E-state index in [9.17, 15) is 23.1 Å². The van der Waals surface area contributed by atoms with Crippen molar-refractivity contribution in [1.29, 1.82) is 0 Å². The summed E-state index contributed by atoms with van der Waals surface area (Å²) in [5.41, 5.74) is -0.192. The summed E-state index contributed by atoms with van der Waals surface area (Å²) < 4.78 is 44.3. The second-order valence-electron chi connectivity index (χ2n) is 19.0. The number of hydrogen-bond donors (Lipinski definition) is 3. The first-order valence-corrected chi connectivity index (χ1v) is 21.4. The molecular formula is C38H63N3O8S. The molecule has 7 aliphatic rings. The van der Waals surface area contributed by atoms with Crippen LogP contribution in [0.5, 0.6) is 0 Å². The number of carbonyl (C=O) groups is 2. The third-order valence-corrected chi connectivity index (χ3v) is 16.9. The van der Waals surface area contributed by atoms with Gasteiger partial charge < -0.3 is 29.5 Å². The third-order valence-electron chi connectivity index (χ3n) is 16.1. The van der Waals surface area contributed by atoms with Crippen LogP contribution in [0.4, 0.5) is 9.59 Å². The normalized spacial score (nSPS) is 46.2. The maximum absolute atomic E-state index is 12.9. The smallest absolute Gasteiger partial charge is 0.410 e. The first-order valence-electron chi connectivity index (χ1n) is 19.5. The molecule has 7 unspecified atom stereocenters. The Labute approximate surface area is 299 Å². The zero-order valence-electron chi connectivity index (χ0n) is 31.6. The number of alkyl carbamates (subject to hydrolysis) is 1. The summed E-state index contributed by atoms with van der Waals surface area (Å²) in [6.45, 7) is 17.7. The standard InChI is InChI=1S/C38H63N3O8S/c1-22(2)29(49-33(44)41-18-9-19-41)24-20-23(3)28-30(47-24)31(42)36(7)26-11-10-25-34(4,5)27(48-32(43)39-16-17-40-50(8,45)46)12-13-37(25)21-38(26,37)15-14-35(28,36)6/h22-31,40,42H,9-21H2,1-8H3,(H,39,43)/t23-,24?,25+,26?,27?,28+,29-,30?,31+,35?,36-,37?,38?/m1/s1. The largest absolute Gasteiger partial charge is 0.446 e. The lowest BCUT2D eigenvalue weighted by molar-refractivity contribution is -0.185. The Kier molecular flexibility index (Phi) is 8.96. The fourth-order valence-electron chi connectivity index (χ4n) is 13.6. The molecule has 0 bridgehead atoms. The fraction of sp³-hybridized carbons (Fsp3) is 0.947. The van der Waals surface area contributed by atoms with Crippen molar-refractivity contribution in [2.75, 3.05) is 32.4 Å². The maximum Gasteiger partial charge on any atom is 0.410 e. The highest BCUT2D eigenvalue weighted by atomic mass is 32.2. The van der Waals surface area contributed by atoms with Crippen LogP contribution in [0.2, 0.25) is 0 Å². The topological polar surface area (TPSA) is 144 Å². The van der Waals surface area contributed by atoms with Crippen LogP contribution in [-0.4, -0.2) is 93.6 Å². The molecule has 7 fully saturated rings. The molecule has 0 aromatic heterocycles. The van der Waals surface area contributed by atoms with E-state index in [1.54, 1.807) is 4.90 Å². The Balaban J connectivity index is 1.07. The van der Waals surface area contributed by atoms with Gasteiger partial charge in [0.05, 0.1) is 24.6 Å². The van der Waals surface area contributed by atoms with Gasteiger partial charge in [-0.3, -0.25) is 0 Å². The van der Waals surface area contributed by atoms with E-state index in [4.69, 9.17) is 14.2 Å². The number of hydrogen-bond acceptors (Lipinski definition) is 8. The highest BCUT2D eigenvalue weighted by molar-refractivity contribution is 7.88. The molecular weight excluding hydrogens is 658 g/mol. The number of sulfonamides is 1. The molecule has 5 saturated carbocycles. The SMILES string of the molecule is CC(C)[C@@H](OC(=O)N1CCC1)C1C[C@@H](C)[C@H]2C(O1)[C@H](O)[C@@]1(C)C3CC[C@H]4C(C)(C)C(OC(=O)NCCNS(C)(=O)=O)CCC45CC35CCC21C. The lowest BCUT2D eigenvalue weighted by Crippen LogP contribution is -2.60. The van der Waals surface area contributed by atoms with Gasteiger partial charge in [-0.2, -0.15) is 0 Å². The van der Waals surface area contributed by atoms with Crippen molar-refractivity contribution in [3.8, 4) is 0 Å². The highest BCUT2D eigenvalue weighted by Crippen LogP contribution is 2.89. The first kappa shape index (κ1) is 36.7. The Morgan fingerprint density at radius 3 is 2.32 bits per heavy atom. The van der Waals surface area contributed by atoms with Crippen LogP contribution in [0.1, 0.15) is 106 Å². The Morgan fingerprint density at radius 1 is 1.00 bits per heavy atom. The average molecular weight is 722 g/mol. The van der Waals surface area contributed by atoms with Crippen LogP contribution in [-0.2, 0) is 24.2 Å². The second kappa shape index (κ2) is 12.2. The molecule has 2 amide bonds. The number of carbonyl (C=O) groups excluding carboxylic acids is 2. The Morgan fingerprint density at radius 2 is 1.68 bits per heavy atom. The minimum absolute atomic E-state index is 0.0600. The third kappa shape index (κ3) is 5.29. The Bertz CT molecular complexity index is 1470. The molecule has 13 atom stereocenters. The van der Waals surface area contributed by atoms with E-state index >= 15 is 0 Å². The van der Waals surface area contributed by atoms with Crippen molar-refractivity contribution in [3.63, 3.8) is 0 Å². The average Bonchev–Trinajstić information content (AvgIpc) is 3.62. The van der Waals surface area contributed by atoms with E-state index in [-0.39, 0.29) is 82.5 Å². The molecule has 2 spiro atoms. The molecule has 11 nitrogen and oxygen atoms in total. The number of ether oxygens (including phenoxy) is 3. The molecule has 2 aliphatic heterocycles. The lowest BCUT2D eigenvalue weighted by atomic mass is 9.41. The lowest BCUT2D eigenvalue weighted by Gasteiger charge is -2.63. The molecule has 284 valence electrons. The van der Waals surface area contributed by atoms with Gasteiger partial charge in [-0.1, -0.05) is 48.5 Å². The van der Waals surface area contributed by atoms with E-state index in [0.717, 1.165) is 64.3 Å². The quantitative estimate of drug-likeness (QED) is 0.286. The molecule has 0 radical (unpaired) electrons. The van der Waals surface area contributed by atoms with E-state index in [1.165, 1.54) is 12.8 Å². The summed E-state index contributed by atoms with van der Waals surface area (Å²) in [7, 11) is -3.32. The molecule has 5 aliphatic carbocycles. The zero-order chi connectivity index (χ0) is 36.2. The highest BCUT2D eigenvalue weighted by Gasteiger charge is 2.84. The number of aliphatic hydroxyl groups is 1. The summed E-state index contributed by atoms with van der Waals surface area (Å²) in [5, 5.41) is 15.3. The van der Waals surface area contributed by atoms with E-state index in [0.29, 0.717) is 17.8 Å². The van der Waals surface area contributed by atoms with Gasteiger partial charge in [0.2, 0.25) is 10.0 Å². The van der Waals surface area contributed by atoms with Gasteiger partial charge >= 0.3 is 12.2 Å². The molecule has 0 aromatic carbocycles. The summed E-state index contributed by atoms with van der Waals surface area (Å²) in [4.78, 5) is 27.5. The number of nitrogens with one attached hydrogen (secondary N) is 2. The fourth-order valence-corrected chi connectivity index (χ4v) is 14.1. The van der Waals surface area contributed by atoms with Gasteiger partial charge in [0.15, 0.2) is 0 Å². The van der Waals surface area contributed by atoms with Crippen LogP contribution >= 0.6 is 0 Å². The zero-order valence-corrected chi connectivity index (χ0v) is 32.4. The van der Waals surface area contributed by atoms with Gasteiger partial charge in [-0.05, 0) is 104 Å². The maximum atomic E-state index is 12.9. The van der Waals surface area contributed by atoms with Gasteiger partial charge in [0.25, 0.3) is 0 Å². The predicted molar refractivity (Wildman–Crippen MR) is 189 cm³/mol. The van der Waals surface area contributed by atoms with E-state index in [1.807, 2.05) is 0 Å². The van der Waals surface area contributed by atoms with Gasteiger partial charge in [-0.15, -0.1) is 0 Å². The van der Waals surface area contributed by atoms with Crippen LogP contribution in [0.3, 0.4) is 0 Å². The molecule has 2 heterocycles. The van der Waals surface area contributed by atoms with Crippen LogP contribution < -0.4 is 10.0 Å². The van der Waals surface area contributed by atoms with Crippen molar-refractivity contribution in [2.24, 2.45) is 56.7 Å². The number of rotatable bonds is 8. The minimum atomic E-state index is -3.32.